The molecule has 5 rings (SSSR count). The van der Waals surface area contributed by atoms with Crippen LogP contribution in [0, 0.1) is 17.8 Å². The maximum Gasteiger partial charge on any atom is 0.335 e. The molecule has 0 radical (unpaired) electrons. The molecule has 4 saturated carbocycles. The van der Waals surface area contributed by atoms with Gasteiger partial charge >= 0.3 is 6.03 Å². The molecule has 1 aromatic carbocycles. The van der Waals surface area contributed by atoms with E-state index in [1.165, 1.54) is 24.8 Å². The van der Waals surface area contributed by atoms with Gasteiger partial charge in [0.05, 0.1) is 6.21 Å². The number of nitrogens with one attached hydrogen (secondary N) is 2. The molecule has 0 spiro atoms. The fourth-order valence-corrected chi connectivity index (χ4v) is 5.77. The first-order valence-electron chi connectivity index (χ1n) is 10.0. The second-order valence-corrected chi connectivity index (χ2v) is 9.89. The van der Waals surface area contributed by atoms with Gasteiger partial charge in [0.25, 0.3) is 0 Å². The first kappa shape index (κ1) is 17.6. The van der Waals surface area contributed by atoms with Gasteiger partial charge in [-0.2, -0.15) is 5.10 Å². The Morgan fingerprint density at radius 2 is 1.58 bits per heavy atom. The lowest BCUT2D eigenvalue weighted by atomic mass is 9.53. The second-order valence-electron chi connectivity index (χ2n) is 9.89. The van der Waals surface area contributed by atoms with Crippen molar-refractivity contribution in [1.82, 2.24) is 10.7 Å². The van der Waals surface area contributed by atoms with Crippen LogP contribution in [0.1, 0.15) is 70.4 Å². The monoisotopic (exact) mass is 353 g/mol. The predicted octanol–water partition coefficient (Wildman–Crippen LogP) is 4.59. The third kappa shape index (κ3) is 3.65. The lowest BCUT2D eigenvalue weighted by Gasteiger charge is -2.56. The molecule has 4 aliphatic rings. The molecule has 4 nitrogen and oxygen atoms in total. The van der Waals surface area contributed by atoms with E-state index >= 15 is 0 Å². The minimum atomic E-state index is -0.158. The van der Waals surface area contributed by atoms with Crippen LogP contribution in [0.2, 0.25) is 0 Å². The fourth-order valence-electron chi connectivity index (χ4n) is 5.77. The van der Waals surface area contributed by atoms with Gasteiger partial charge in [-0.1, -0.05) is 45.0 Å². The number of carbonyl (C=O) groups excluding carboxylic acids is 1. The third-order valence-corrected chi connectivity index (χ3v) is 6.57. The van der Waals surface area contributed by atoms with Crippen LogP contribution >= 0.6 is 0 Å². The van der Waals surface area contributed by atoms with Gasteiger partial charge in [-0.15, -0.1) is 0 Å². The van der Waals surface area contributed by atoms with Gasteiger partial charge in [0.2, 0.25) is 0 Å². The molecule has 2 amide bonds. The number of hydrogen-bond donors (Lipinski definition) is 2. The molecule has 2 N–H and O–H groups in total. The maximum absolute atomic E-state index is 12.4. The highest BCUT2D eigenvalue weighted by Crippen LogP contribution is 2.55. The third-order valence-electron chi connectivity index (χ3n) is 6.57. The summed E-state index contributed by atoms with van der Waals surface area (Å²) in [5.74, 6) is 2.48. The van der Waals surface area contributed by atoms with E-state index in [9.17, 15) is 4.79 Å². The summed E-state index contributed by atoms with van der Waals surface area (Å²) in [7, 11) is 0. The summed E-state index contributed by atoms with van der Waals surface area (Å²) in [6.07, 6.45) is 9.33. The number of hydrazone groups is 1. The van der Waals surface area contributed by atoms with Gasteiger partial charge in [-0.25, -0.2) is 10.2 Å². The quantitative estimate of drug-likeness (QED) is 0.606. The zero-order valence-corrected chi connectivity index (χ0v) is 16.2. The van der Waals surface area contributed by atoms with Gasteiger partial charge in [0, 0.05) is 5.54 Å². The molecular formula is C22H31N3O. The van der Waals surface area contributed by atoms with Gasteiger partial charge in [0.1, 0.15) is 0 Å². The summed E-state index contributed by atoms with van der Waals surface area (Å²) in [6.45, 7) is 6.60. The maximum atomic E-state index is 12.4. The Morgan fingerprint density at radius 1 is 1.04 bits per heavy atom. The average Bonchev–Trinajstić information content (AvgIpc) is 2.52. The van der Waals surface area contributed by atoms with Crippen molar-refractivity contribution in [3.05, 3.63) is 35.4 Å². The zero-order valence-electron chi connectivity index (χ0n) is 16.2. The van der Waals surface area contributed by atoms with Crippen LogP contribution in [0.5, 0.6) is 0 Å². The van der Waals surface area contributed by atoms with E-state index in [2.05, 4.69) is 48.7 Å². The van der Waals surface area contributed by atoms with E-state index in [0.29, 0.717) is 0 Å². The Kier molecular flexibility index (Phi) is 4.32. The summed E-state index contributed by atoms with van der Waals surface area (Å²) in [4.78, 5) is 12.4. The molecule has 0 heterocycles. The number of nitrogens with zero attached hydrogens (tertiary/aromatic N) is 1. The van der Waals surface area contributed by atoms with E-state index in [1.54, 1.807) is 6.21 Å². The Balaban J connectivity index is 1.32. The summed E-state index contributed by atoms with van der Waals surface area (Å²) in [6, 6.07) is 8.17. The average molecular weight is 354 g/mol. The topological polar surface area (TPSA) is 53.5 Å². The van der Waals surface area contributed by atoms with Crippen molar-refractivity contribution in [3.63, 3.8) is 0 Å². The van der Waals surface area contributed by atoms with Crippen LogP contribution in [-0.2, 0) is 5.41 Å². The standard InChI is InChI=1S/C22H31N3O/c1-21(2,3)19-6-4-15(5-7-19)14-23-25-20(26)24-22-11-16-8-17(12-22)10-18(9-16)13-22/h4-7,14,16-18H,8-13H2,1-3H3,(H2,24,25,26)/b23-14-. The van der Waals surface area contributed by atoms with E-state index in [1.807, 2.05) is 12.1 Å². The molecule has 0 unspecified atom stereocenters. The summed E-state index contributed by atoms with van der Waals surface area (Å²) < 4.78 is 0. The van der Waals surface area contributed by atoms with Gasteiger partial charge in [-0.3, -0.25) is 0 Å². The molecule has 4 aliphatic carbocycles. The molecule has 0 aromatic heterocycles. The van der Waals surface area contributed by atoms with Crippen molar-refractivity contribution in [3.8, 4) is 0 Å². The highest BCUT2D eigenvalue weighted by atomic mass is 16.2. The van der Waals surface area contributed by atoms with E-state index in [0.717, 1.165) is 42.6 Å². The minimum absolute atomic E-state index is 0.0305. The predicted molar refractivity (Wildman–Crippen MR) is 105 cm³/mol. The minimum Gasteiger partial charge on any atom is -0.331 e. The first-order valence-corrected chi connectivity index (χ1v) is 10.0. The SMILES string of the molecule is CC(C)(C)c1ccc(/C=N\NC(=O)NC23CC4CC(CC(C4)C2)C3)cc1. The Labute approximate surface area is 156 Å². The smallest absolute Gasteiger partial charge is 0.331 e. The summed E-state index contributed by atoms with van der Waals surface area (Å²) in [5.41, 5.74) is 5.13. The zero-order chi connectivity index (χ0) is 18.4. The molecule has 4 heteroatoms. The number of carbonyl (C=O) groups is 1. The molecule has 0 saturated heterocycles. The lowest BCUT2D eigenvalue weighted by molar-refractivity contribution is -0.0135. The molecular weight excluding hydrogens is 322 g/mol. The highest BCUT2D eigenvalue weighted by Gasteiger charge is 2.51. The molecule has 140 valence electrons. The number of hydrogen-bond acceptors (Lipinski definition) is 2. The van der Waals surface area contributed by atoms with Crippen LogP contribution in [0.25, 0.3) is 0 Å². The van der Waals surface area contributed by atoms with Gasteiger partial charge in [0.15, 0.2) is 0 Å². The van der Waals surface area contributed by atoms with Crippen LogP contribution < -0.4 is 10.7 Å². The molecule has 1 aromatic rings. The molecule has 0 atom stereocenters. The normalized spacial score (nSPS) is 32.8. The van der Waals surface area contributed by atoms with Crippen LogP contribution in [0.4, 0.5) is 4.79 Å². The van der Waals surface area contributed by atoms with Crippen molar-refractivity contribution in [2.45, 2.75) is 70.3 Å². The fraction of sp³-hybridized carbons (Fsp3) is 0.636. The first-order chi connectivity index (χ1) is 12.3. The van der Waals surface area contributed by atoms with Crippen molar-refractivity contribution in [1.29, 1.82) is 0 Å². The Morgan fingerprint density at radius 3 is 2.08 bits per heavy atom. The van der Waals surface area contributed by atoms with Crippen molar-refractivity contribution in [2.75, 3.05) is 0 Å². The van der Waals surface area contributed by atoms with Crippen LogP contribution in [0.3, 0.4) is 0 Å². The molecule has 4 fully saturated rings. The van der Waals surface area contributed by atoms with E-state index in [-0.39, 0.29) is 17.0 Å². The van der Waals surface area contributed by atoms with Crippen LogP contribution in [-0.4, -0.2) is 17.8 Å². The number of benzene rings is 1. The highest BCUT2D eigenvalue weighted by molar-refractivity contribution is 5.82. The van der Waals surface area contributed by atoms with Crippen molar-refractivity contribution >= 4 is 12.2 Å². The molecule has 0 aliphatic heterocycles. The summed E-state index contributed by atoms with van der Waals surface area (Å²) >= 11 is 0. The number of amides is 2. The Hall–Kier alpha value is -1.84. The largest absolute Gasteiger partial charge is 0.335 e. The second kappa shape index (κ2) is 6.40. The van der Waals surface area contributed by atoms with Gasteiger partial charge < -0.3 is 5.32 Å². The Bertz CT molecular complexity index is 664. The van der Waals surface area contributed by atoms with Crippen molar-refractivity contribution in [2.24, 2.45) is 22.9 Å². The van der Waals surface area contributed by atoms with Gasteiger partial charge in [-0.05, 0) is 72.8 Å². The van der Waals surface area contributed by atoms with Crippen molar-refractivity contribution < 1.29 is 4.79 Å². The summed E-state index contributed by atoms with van der Waals surface area (Å²) in [5, 5.41) is 7.42. The molecule has 26 heavy (non-hydrogen) atoms. The van der Waals surface area contributed by atoms with Crippen LogP contribution in [0.15, 0.2) is 29.4 Å². The number of urea groups is 1. The molecule has 4 bridgehead atoms. The van der Waals surface area contributed by atoms with E-state index < -0.39 is 0 Å². The van der Waals surface area contributed by atoms with E-state index in [4.69, 9.17) is 0 Å². The lowest BCUT2D eigenvalue weighted by Crippen LogP contribution is -2.61. The number of rotatable bonds is 3.